The maximum atomic E-state index is 11.4. The highest BCUT2D eigenvalue weighted by Crippen LogP contribution is 2.10. The van der Waals surface area contributed by atoms with Gasteiger partial charge in [-0.2, -0.15) is 0 Å². The smallest absolute Gasteiger partial charge is 0.408 e. The third kappa shape index (κ3) is 5.82. The number of ether oxygens (including phenoxy) is 1. The van der Waals surface area contributed by atoms with E-state index in [-0.39, 0.29) is 6.54 Å². The van der Waals surface area contributed by atoms with Crippen LogP contribution in [0.1, 0.15) is 31.9 Å². The molecule has 0 aliphatic rings. The third-order valence-electron chi connectivity index (χ3n) is 2.20. The Hall–Kier alpha value is -2.15. The first-order valence-electron chi connectivity index (χ1n) is 6.10. The van der Waals surface area contributed by atoms with E-state index in [1.807, 2.05) is 45.9 Å². The summed E-state index contributed by atoms with van der Waals surface area (Å²) in [5.41, 5.74) is 7.79. The van der Waals surface area contributed by atoms with E-state index in [2.05, 4.69) is 17.2 Å². The van der Waals surface area contributed by atoms with Gasteiger partial charge in [0.15, 0.2) is 0 Å². The molecule has 102 valence electrons. The average molecular weight is 260 g/mol. The van der Waals surface area contributed by atoms with Crippen molar-refractivity contribution in [3.05, 3.63) is 29.3 Å². The number of aryl methyl sites for hydroxylation is 1. The lowest BCUT2D eigenvalue weighted by atomic mass is 10.1. The van der Waals surface area contributed by atoms with Gasteiger partial charge < -0.3 is 15.8 Å². The van der Waals surface area contributed by atoms with Crippen molar-refractivity contribution in [1.82, 2.24) is 5.32 Å². The highest BCUT2D eigenvalue weighted by atomic mass is 16.6. The van der Waals surface area contributed by atoms with Crippen LogP contribution in [-0.2, 0) is 4.74 Å². The number of carbonyl (C=O) groups excluding carboxylic acids is 1. The summed E-state index contributed by atoms with van der Waals surface area (Å²) in [7, 11) is 0. The molecule has 0 radical (unpaired) electrons. The van der Waals surface area contributed by atoms with Gasteiger partial charge in [-0.25, -0.2) is 4.79 Å². The number of anilines is 1. The van der Waals surface area contributed by atoms with Crippen LogP contribution in [0.15, 0.2) is 18.2 Å². The zero-order valence-electron chi connectivity index (χ0n) is 11.8. The van der Waals surface area contributed by atoms with Crippen molar-refractivity contribution in [2.24, 2.45) is 0 Å². The molecular weight excluding hydrogens is 240 g/mol. The van der Waals surface area contributed by atoms with Crippen molar-refractivity contribution in [2.75, 3.05) is 12.3 Å². The molecule has 0 saturated carbocycles. The Morgan fingerprint density at radius 3 is 2.74 bits per heavy atom. The first-order chi connectivity index (χ1) is 8.78. The van der Waals surface area contributed by atoms with E-state index in [9.17, 15) is 4.79 Å². The molecule has 0 bridgehead atoms. The maximum absolute atomic E-state index is 11.4. The Morgan fingerprint density at radius 2 is 2.11 bits per heavy atom. The Labute approximate surface area is 114 Å². The number of amides is 1. The van der Waals surface area contributed by atoms with Crippen LogP contribution in [0.25, 0.3) is 0 Å². The second-order valence-corrected chi connectivity index (χ2v) is 5.23. The summed E-state index contributed by atoms with van der Waals surface area (Å²) in [6.07, 6.45) is -0.467. The van der Waals surface area contributed by atoms with Gasteiger partial charge in [0.25, 0.3) is 0 Å². The molecule has 1 amide bonds. The van der Waals surface area contributed by atoms with E-state index < -0.39 is 11.7 Å². The van der Waals surface area contributed by atoms with Crippen molar-refractivity contribution in [1.29, 1.82) is 0 Å². The van der Waals surface area contributed by atoms with E-state index in [0.717, 1.165) is 11.1 Å². The SMILES string of the molecule is Cc1ccc(N)cc1C#CCNC(=O)OC(C)(C)C. The zero-order valence-corrected chi connectivity index (χ0v) is 11.8. The van der Waals surface area contributed by atoms with Gasteiger partial charge in [-0.3, -0.25) is 0 Å². The number of hydrogen-bond acceptors (Lipinski definition) is 3. The van der Waals surface area contributed by atoms with E-state index in [1.165, 1.54) is 0 Å². The number of rotatable bonds is 1. The molecule has 4 heteroatoms. The fraction of sp³-hybridized carbons (Fsp3) is 0.400. The molecule has 1 rings (SSSR count). The molecule has 1 aromatic carbocycles. The first-order valence-corrected chi connectivity index (χ1v) is 6.10. The summed E-state index contributed by atoms with van der Waals surface area (Å²) in [6.45, 7) is 7.64. The van der Waals surface area contributed by atoms with Crippen LogP contribution < -0.4 is 11.1 Å². The normalized spacial score (nSPS) is 10.3. The van der Waals surface area contributed by atoms with E-state index in [4.69, 9.17) is 10.5 Å². The molecule has 0 aliphatic heterocycles. The summed E-state index contributed by atoms with van der Waals surface area (Å²) < 4.78 is 5.10. The topological polar surface area (TPSA) is 64.3 Å². The van der Waals surface area contributed by atoms with Gasteiger partial charge in [-0.15, -0.1) is 0 Å². The summed E-state index contributed by atoms with van der Waals surface area (Å²) >= 11 is 0. The molecule has 0 heterocycles. The summed E-state index contributed by atoms with van der Waals surface area (Å²) in [4.78, 5) is 11.4. The number of benzene rings is 1. The number of alkyl carbamates (subject to hydrolysis) is 1. The fourth-order valence-electron chi connectivity index (χ4n) is 1.34. The van der Waals surface area contributed by atoms with Crippen LogP contribution in [0, 0.1) is 18.8 Å². The minimum atomic E-state index is -0.498. The second kappa shape index (κ2) is 6.14. The van der Waals surface area contributed by atoms with Gasteiger partial charge in [0.1, 0.15) is 5.60 Å². The molecule has 0 unspecified atom stereocenters. The van der Waals surface area contributed by atoms with Crippen molar-refractivity contribution in [3.63, 3.8) is 0 Å². The van der Waals surface area contributed by atoms with Crippen molar-refractivity contribution in [2.45, 2.75) is 33.3 Å². The molecule has 4 nitrogen and oxygen atoms in total. The number of hydrogen-bond donors (Lipinski definition) is 2. The second-order valence-electron chi connectivity index (χ2n) is 5.23. The van der Waals surface area contributed by atoms with Crippen LogP contribution >= 0.6 is 0 Å². The third-order valence-corrected chi connectivity index (χ3v) is 2.20. The molecule has 19 heavy (non-hydrogen) atoms. The van der Waals surface area contributed by atoms with Gasteiger partial charge in [-0.1, -0.05) is 17.9 Å². The highest BCUT2D eigenvalue weighted by Gasteiger charge is 2.14. The predicted octanol–water partition coefficient (Wildman–Crippen LogP) is 2.45. The lowest BCUT2D eigenvalue weighted by Crippen LogP contribution is -2.32. The van der Waals surface area contributed by atoms with Gasteiger partial charge in [0, 0.05) is 11.3 Å². The lowest BCUT2D eigenvalue weighted by molar-refractivity contribution is 0.0535. The lowest BCUT2D eigenvalue weighted by Gasteiger charge is -2.19. The highest BCUT2D eigenvalue weighted by molar-refractivity contribution is 5.68. The standard InChI is InChI=1S/C15H20N2O2/c1-11-7-8-13(16)10-12(11)6-5-9-17-14(18)19-15(2,3)4/h7-8,10H,9,16H2,1-4H3,(H,17,18). The van der Waals surface area contributed by atoms with Crippen LogP contribution in [0.4, 0.5) is 10.5 Å². The van der Waals surface area contributed by atoms with Crippen molar-refractivity contribution < 1.29 is 9.53 Å². The number of carbonyl (C=O) groups is 1. The molecule has 0 saturated heterocycles. The first kappa shape index (κ1) is 14.9. The average Bonchev–Trinajstić information content (AvgIpc) is 2.26. The number of nitrogen functional groups attached to an aromatic ring is 1. The Kier molecular flexibility index (Phi) is 4.82. The molecular formula is C15H20N2O2. The molecule has 0 atom stereocenters. The minimum Gasteiger partial charge on any atom is -0.444 e. The Morgan fingerprint density at radius 1 is 1.42 bits per heavy atom. The van der Waals surface area contributed by atoms with E-state index in [0.29, 0.717) is 5.69 Å². The van der Waals surface area contributed by atoms with Crippen LogP contribution in [0.3, 0.4) is 0 Å². The monoisotopic (exact) mass is 260 g/mol. The fourth-order valence-corrected chi connectivity index (χ4v) is 1.34. The van der Waals surface area contributed by atoms with Gasteiger partial charge in [0.05, 0.1) is 6.54 Å². The van der Waals surface area contributed by atoms with Crippen LogP contribution in [0.2, 0.25) is 0 Å². The van der Waals surface area contributed by atoms with Crippen molar-refractivity contribution in [3.8, 4) is 11.8 Å². The molecule has 0 aliphatic carbocycles. The van der Waals surface area contributed by atoms with Crippen LogP contribution in [0.5, 0.6) is 0 Å². The van der Waals surface area contributed by atoms with Crippen molar-refractivity contribution >= 4 is 11.8 Å². The molecule has 3 N–H and O–H groups in total. The number of nitrogens with two attached hydrogens (primary N) is 1. The molecule has 1 aromatic rings. The van der Waals surface area contributed by atoms with Gasteiger partial charge >= 0.3 is 6.09 Å². The summed E-state index contributed by atoms with van der Waals surface area (Å²) in [5.74, 6) is 5.84. The molecule has 0 aromatic heterocycles. The van der Waals surface area contributed by atoms with E-state index >= 15 is 0 Å². The summed E-state index contributed by atoms with van der Waals surface area (Å²) in [5, 5.41) is 2.58. The zero-order chi connectivity index (χ0) is 14.5. The largest absolute Gasteiger partial charge is 0.444 e. The Bertz CT molecular complexity index is 519. The summed E-state index contributed by atoms with van der Waals surface area (Å²) in [6, 6.07) is 5.57. The molecule has 0 fully saturated rings. The number of nitrogens with one attached hydrogen (secondary N) is 1. The van der Waals surface area contributed by atoms with E-state index in [1.54, 1.807) is 0 Å². The van der Waals surface area contributed by atoms with Crippen LogP contribution in [-0.4, -0.2) is 18.2 Å². The maximum Gasteiger partial charge on any atom is 0.408 e. The quantitative estimate of drug-likeness (QED) is 0.602. The minimum absolute atomic E-state index is 0.239. The van der Waals surface area contributed by atoms with Gasteiger partial charge in [0.2, 0.25) is 0 Å². The van der Waals surface area contributed by atoms with Gasteiger partial charge in [-0.05, 0) is 45.4 Å². The molecule has 0 spiro atoms. The predicted molar refractivity (Wildman–Crippen MR) is 76.7 cm³/mol. The Balaban J connectivity index is 2.52.